The zero-order valence-electron chi connectivity index (χ0n) is 15.0. The molecule has 5 rings (SSSR count). The van der Waals surface area contributed by atoms with Gasteiger partial charge >= 0.3 is 0 Å². The van der Waals surface area contributed by atoms with Crippen LogP contribution in [0.25, 0.3) is 0 Å². The van der Waals surface area contributed by atoms with Gasteiger partial charge in [-0.1, -0.05) is 12.1 Å². The predicted octanol–water partition coefficient (Wildman–Crippen LogP) is 2.72. The molecule has 4 saturated heterocycles. The first-order valence-electron chi connectivity index (χ1n) is 9.44. The molecule has 4 nitrogen and oxygen atoms in total. The molecule has 4 heterocycles. The number of rotatable bonds is 4. The van der Waals surface area contributed by atoms with Crippen LogP contribution in [0.2, 0.25) is 0 Å². The Bertz CT molecular complexity index is 731. The Kier molecular flexibility index (Phi) is 4.55. The summed E-state index contributed by atoms with van der Waals surface area (Å²) in [6, 6.07) is 4.41. The molecule has 0 unspecified atom stereocenters. The molecule has 140 valence electrons. The lowest BCUT2D eigenvalue weighted by molar-refractivity contribution is -0.137. The first-order chi connectivity index (χ1) is 12.5. The molecule has 1 aromatic rings. The van der Waals surface area contributed by atoms with Crippen molar-refractivity contribution >= 4 is 11.7 Å². The molecule has 0 spiro atoms. The molecular formula is C20H24F2N2O2. The van der Waals surface area contributed by atoms with Crippen molar-refractivity contribution in [2.45, 2.75) is 50.6 Å². The maximum Gasteiger partial charge on any atom is 0.223 e. The fourth-order valence-electron chi connectivity index (χ4n) is 5.21. The van der Waals surface area contributed by atoms with Gasteiger partial charge in [0.05, 0.1) is 6.04 Å². The second-order valence-electron chi connectivity index (χ2n) is 7.85. The highest BCUT2D eigenvalue weighted by Crippen LogP contribution is 2.47. The molecule has 2 bridgehead atoms. The standard InChI is InChI=1S/C20H24F2N2O2/c1-12(25)5-6-17(26)24-11-15(14-3-2-4-16(21)18(14)22)20-19(24)13-7-9-23(20)10-8-13/h2-4,13,15,19-20H,5-11H2,1H3/t15-,19+,20+/m1/s1. The minimum Gasteiger partial charge on any atom is -0.337 e. The van der Waals surface area contributed by atoms with Crippen molar-refractivity contribution in [2.75, 3.05) is 19.6 Å². The summed E-state index contributed by atoms with van der Waals surface area (Å²) in [7, 11) is 0. The highest BCUT2D eigenvalue weighted by molar-refractivity contribution is 5.84. The van der Waals surface area contributed by atoms with Gasteiger partial charge in [-0.3, -0.25) is 9.69 Å². The van der Waals surface area contributed by atoms with Crippen molar-refractivity contribution in [3.63, 3.8) is 0 Å². The van der Waals surface area contributed by atoms with E-state index in [0.29, 0.717) is 18.0 Å². The monoisotopic (exact) mass is 362 g/mol. The fourth-order valence-corrected chi connectivity index (χ4v) is 5.21. The molecule has 4 aliphatic heterocycles. The van der Waals surface area contributed by atoms with Crippen LogP contribution in [0, 0.1) is 17.6 Å². The number of carbonyl (C=O) groups excluding carboxylic acids is 2. The molecule has 4 fully saturated rings. The fraction of sp³-hybridized carbons (Fsp3) is 0.600. The predicted molar refractivity (Wildman–Crippen MR) is 92.6 cm³/mol. The zero-order valence-corrected chi connectivity index (χ0v) is 15.0. The van der Waals surface area contributed by atoms with Gasteiger partial charge in [0, 0.05) is 31.3 Å². The lowest BCUT2D eigenvalue weighted by Gasteiger charge is -2.51. The Morgan fingerprint density at radius 1 is 1.12 bits per heavy atom. The van der Waals surface area contributed by atoms with E-state index in [9.17, 15) is 18.4 Å². The molecule has 26 heavy (non-hydrogen) atoms. The average Bonchev–Trinajstić information content (AvgIpc) is 3.05. The number of Topliss-reactive ketones (excluding diaryl/α,β-unsaturated/α-hetero) is 1. The number of fused-ring (bicyclic) bond motifs is 2. The SMILES string of the molecule is CC(=O)CCC(=O)N1C[C@H](c2cccc(F)c2F)[C@H]2[C@@H]1C1CCN2CC1. The van der Waals surface area contributed by atoms with E-state index < -0.39 is 11.6 Å². The van der Waals surface area contributed by atoms with E-state index in [-0.39, 0.29) is 42.5 Å². The van der Waals surface area contributed by atoms with Crippen molar-refractivity contribution < 1.29 is 18.4 Å². The molecule has 3 atom stereocenters. The number of hydrogen-bond donors (Lipinski definition) is 0. The van der Waals surface area contributed by atoms with E-state index in [1.807, 2.05) is 4.90 Å². The number of ketones is 1. The molecule has 0 radical (unpaired) electrons. The van der Waals surface area contributed by atoms with Crippen molar-refractivity contribution in [2.24, 2.45) is 5.92 Å². The van der Waals surface area contributed by atoms with Crippen LogP contribution in [0.4, 0.5) is 8.78 Å². The Labute approximate surface area is 152 Å². The summed E-state index contributed by atoms with van der Waals surface area (Å²) in [5.41, 5.74) is 0.370. The van der Waals surface area contributed by atoms with E-state index in [0.717, 1.165) is 32.0 Å². The Morgan fingerprint density at radius 3 is 2.54 bits per heavy atom. The molecule has 0 aliphatic carbocycles. The van der Waals surface area contributed by atoms with E-state index in [1.165, 1.54) is 6.92 Å². The topological polar surface area (TPSA) is 40.6 Å². The van der Waals surface area contributed by atoms with Gasteiger partial charge < -0.3 is 9.69 Å². The molecule has 1 aromatic carbocycles. The molecule has 0 aromatic heterocycles. The first kappa shape index (κ1) is 17.6. The van der Waals surface area contributed by atoms with Crippen molar-refractivity contribution in [1.29, 1.82) is 0 Å². The minimum atomic E-state index is -0.837. The van der Waals surface area contributed by atoms with E-state index in [1.54, 1.807) is 12.1 Å². The quantitative estimate of drug-likeness (QED) is 0.827. The van der Waals surface area contributed by atoms with Crippen LogP contribution in [0.5, 0.6) is 0 Å². The second kappa shape index (κ2) is 6.72. The van der Waals surface area contributed by atoms with Crippen LogP contribution < -0.4 is 0 Å². The van der Waals surface area contributed by atoms with Gasteiger partial charge in [0.15, 0.2) is 11.6 Å². The number of nitrogens with zero attached hydrogens (tertiary/aromatic N) is 2. The summed E-state index contributed by atoms with van der Waals surface area (Å²) in [4.78, 5) is 28.3. The Balaban J connectivity index is 1.67. The van der Waals surface area contributed by atoms with Gasteiger partial charge in [-0.2, -0.15) is 0 Å². The summed E-state index contributed by atoms with van der Waals surface area (Å²) >= 11 is 0. The highest BCUT2D eigenvalue weighted by Gasteiger charge is 2.54. The van der Waals surface area contributed by atoms with Crippen molar-refractivity contribution in [3.8, 4) is 0 Å². The number of piperidine rings is 3. The summed E-state index contributed by atoms with van der Waals surface area (Å²) < 4.78 is 28.3. The van der Waals surface area contributed by atoms with Crippen LogP contribution in [0.15, 0.2) is 18.2 Å². The third-order valence-electron chi connectivity index (χ3n) is 6.39. The third kappa shape index (κ3) is 2.84. The summed E-state index contributed by atoms with van der Waals surface area (Å²) in [5, 5.41) is 0. The van der Waals surface area contributed by atoms with Gasteiger partial charge in [0.1, 0.15) is 5.78 Å². The lowest BCUT2D eigenvalue weighted by atomic mass is 9.75. The number of likely N-dealkylation sites (tertiary alicyclic amines) is 1. The number of benzene rings is 1. The van der Waals surface area contributed by atoms with Gasteiger partial charge in [-0.05, 0) is 50.4 Å². The van der Waals surface area contributed by atoms with Crippen LogP contribution >= 0.6 is 0 Å². The minimum absolute atomic E-state index is 0.00395. The van der Waals surface area contributed by atoms with Crippen molar-refractivity contribution in [3.05, 3.63) is 35.4 Å². The van der Waals surface area contributed by atoms with Gasteiger partial charge in [-0.25, -0.2) is 8.78 Å². The van der Waals surface area contributed by atoms with Gasteiger partial charge in [0.2, 0.25) is 5.91 Å². The smallest absolute Gasteiger partial charge is 0.223 e. The third-order valence-corrected chi connectivity index (χ3v) is 6.39. The van der Waals surface area contributed by atoms with Crippen LogP contribution in [-0.2, 0) is 9.59 Å². The molecular weight excluding hydrogens is 338 g/mol. The Hall–Kier alpha value is -1.82. The largest absolute Gasteiger partial charge is 0.337 e. The Morgan fingerprint density at radius 2 is 1.85 bits per heavy atom. The van der Waals surface area contributed by atoms with E-state index >= 15 is 0 Å². The van der Waals surface area contributed by atoms with Gasteiger partial charge in [-0.15, -0.1) is 0 Å². The second-order valence-corrected chi connectivity index (χ2v) is 7.85. The molecule has 0 saturated carbocycles. The maximum absolute atomic E-state index is 14.5. The number of carbonyl (C=O) groups is 2. The summed E-state index contributed by atoms with van der Waals surface area (Å²) in [6.07, 6.45) is 2.51. The van der Waals surface area contributed by atoms with Crippen LogP contribution in [0.1, 0.15) is 44.1 Å². The molecule has 0 N–H and O–H groups in total. The maximum atomic E-state index is 14.5. The number of hydrogen-bond acceptors (Lipinski definition) is 3. The van der Waals surface area contributed by atoms with E-state index in [4.69, 9.17) is 0 Å². The van der Waals surface area contributed by atoms with Crippen molar-refractivity contribution in [1.82, 2.24) is 9.80 Å². The molecule has 6 heteroatoms. The summed E-state index contributed by atoms with van der Waals surface area (Å²) in [5.74, 6) is -1.49. The molecule has 1 amide bonds. The van der Waals surface area contributed by atoms with Gasteiger partial charge in [0.25, 0.3) is 0 Å². The van der Waals surface area contributed by atoms with Crippen LogP contribution in [0.3, 0.4) is 0 Å². The number of amides is 1. The average molecular weight is 362 g/mol. The summed E-state index contributed by atoms with van der Waals surface area (Å²) in [6.45, 7) is 3.79. The lowest BCUT2D eigenvalue weighted by Crippen LogP contribution is -2.60. The highest BCUT2D eigenvalue weighted by atomic mass is 19.2. The first-order valence-corrected chi connectivity index (χ1v) is 9.44. The van der Waals surface area contributed by atoms with E-state index in [2.05, 4.69) is 4.90 Å². The molecule has 4 aliphatic rings. The normalized spacial score (nSPS) is 32.6. The zero-order chi connectivity index (χ0) is 18.4. The van der Waals surface area contributed by atoms with Crippen LogP contribution in [-0.4, -0.2) is 53.2 Å². The number of halogens is 2.